The number of hydrogen-bond donors (Lipinski definition) is 0. The summed E-state index contributed by atoms with van der Waals surface area (Å²) in [6.07, 6.45) is 7.33. The fourth-order valence-electron chi connectivity index (χ4n) is 4.22. The molecule has 0 fully saturated rings. The van der Waals surface area contributed by atoms with Gasteiger partial charge >= 0.3 is 27.4 Å². The van der Waals surface area contributed by atoms with E-state index in [2.05, 4.69) is 97.9 Å². The third-order valence-corrected chi connectivity index (χ3v) is 6.81. The van der Waals surface area contributed by atoms with E-state index in [9.17, 15) is 17.3 Å². The molecule has 4 aromatic heterocycles. The van der Waals surface area contributed by atoms with Gasteiger partial charge < -0.3 is 27.2 Å². The van der Waals surface area contributed by atoms with Crippen molar-refractivity contribution in [3.8, 4) is 33.9 Å². The Bertz CT molecular complexity index is 1600. The minimum Gasteiger partial charge on any atom is -0.418 e. The average molecular weight is 856 g/mol. The van der Waals surface area contributed by atoms with Crippen LogP contribution in [0.4, 0.5) is 17.3 Å². The molecule has 0 unspecified atom stereocenters. The average Bonchev–Trinajstić information content (AvgIpc) is 3.09. The quantitative estimate of drug-likeness (QED) is 0.101. The van der Waals surface area contributed by atoms with Crippen molar-refractivity contribution in [3.05, 3.63) is 157 Å². The summed E-state index contributed by atoms with van der Waals surface area (Å²) in [5.74, 6) is 0. The Labute approximate surface area is 307 Å². The molecular weight excluding hydrogens is 815 g/mol. The normalized spacial score (nSPS) is 10.8. The van der Waals surface area contributed by atoms with Crippen LogP contribution >= 0.6 is 0 Å². The van der Waals surface area contributed by atoms with E-state index in [1.165, 1.54) is 11.1 Å². The number of aromatic nitrogens is 4. The fraction of sp³-hybridized carbons (Fsp3) is 0.200. The molecule has 0 aliphatic carbocycles. The van der Waals surface area contributed by atoms with Crippen LogP contribution in [-0.4, -0.2) is 27.2 Å². The molecule has 260 valence electrons. The van der Waals surface area contributed by atoms with Gasteiger partial charge in [-0.15, -0.1) is 71.8 Å². The van der Waals surface area contributed by atoms with Crippen molar-refractivity contribution in [1.29, 1.82) is 0 Å². The topological polar surface area (TPSA) is 51.6 Å². The largest absolute Gasteiger partial charge is 3.00 e. The number of nitrogens with zero attached hydrogens (tertiary/aromatic N) is 4. The molecule has 0 saturated heterocycles. The van der Waals surface area contributed by atoms with E-state index in [-0.39, 0.29) is 30.9 Å². The van der Waals surface area contributed by atoms with E-state index in [0.29, 0.717) is 0 Å². The molecule has 0 atom stereocenters. The van der Waals surface area contributed by atoms with E-state index in [1.54, 1.807) is 12.4 Å². The molecule has 0 radical (unpaired) electrons. The molecule has 0 aliphatic heterocycles. The van der Waals surface area contributed by atoms with Crippen LogP contribution in [0.2, 0.25) is 0 Å². The Hall–Kier alpha value is -4.53. The molecule has 0 N–H and O–H groups in total. The summed E-state index contributed by atoms with van der Waals surface area (Å²) in [5.41, 5.74) is 8.73. The smallest absolute Gasteiger partial charge is 0.418 e. The van der Waals surface area contributed by atoms with Crippen LogP contribution in [0.5, 0.6) is 0 Å². The van der Waals surface area contributed by atoms with E-state index >= 15 is 0 Å². The second kappa shape index (κ2) is 19.6. The molecule has 6 rings (SSSR count). The summed E-state index contributed by atoms with van der Waals surface area (Å²) in [6, 6.07) is 42.1. The zero-order valence-corrected chi connectivity index (χ0v) is 31.3. The van der Waals surface area contributed by atoms with E-state index in [4.69, 9.17) is 0 Å². The van der Waals surface area contributed by atoms with Crippen LogP contribution in [0, 0.1) is 12.1 Å². The van der Waals surface area contributed by atoms with Crippen molar-refractivity contribution in [2.75, 3.05) is 0 Å². The Morgan fingerprint density at radius 3 is 1.08 bits per heavy atom. The Kier molecular flexibility index (Phi) is 16.3. The summed E-state index contributed by atoms with van der Waals surface area (Å²) in [6.45, 7) is 13.3. The molecule has 0 bridgehead atoms. The first-order chi connectivity index (χ1) is 23.1. The molecule has 6 aromatic rings. The first-order valence-corrected chi connectivity index (χ1v) is 15.7. The van der Waals surface area contributed by atoms with Crippen LogP contribution in [0.15, 0.2) is 134 Å². The molecule has 10 heteroatoms. The second-order valence-electron chi connectivity index (χ2n) is 12.8. The predicted molar refractivity (Wildman–Crippen MR) is 192 cm³/mol. The molecule has 0 amide bonds. The number of pyridine rings is 4. The molecule has 4 heterocycles. The third-order valence-electron chi connectivity index (χ3n) is 6.81. The van der Waals surface area contributed by atoms with E-state index in [1.807, 2.05) is 97.3 Å². The summed E-state index contributed by atoms with van der Waals surface area (Å²) in [5, 5.41) is 0. The van der Waals surface area contributed by atoms with Gasteiger partial charge in [0.05, 0.1) is 11.4 Å². The van der Waals surface area contributed by atoms with Crippen molar-refractivity contribution < 1.29 is 37.4 Å². The maximum absolute atomic E-state index is 9.75. The Morgan fingerprint density at radius 1 is 0.460 bits per heavy atom. The van der Waals surface area contributed by atoms with Crippen molar-refractivity contribution >= 4 is 7.25 Å². The Morgan fingerprint density at radius 2 is 0.800 bits per heavy atom. The summed E-state index contributed by atoms with van der Waals surface area (Å²) in [4.78, 5) is 17.4. The van der Waals surface area contributed by atoms with E-state index < -0.39 is 7.25 Å². The summed E-state index contributed by atoms with van der Waals surface area (Å²) in [7, 11) is -6.00. The van der Waals surface area contributed by atoms with Gasteiger partial charge in [-0.1, -0.05) is 65.8 Å². The van der Waals surface area contributed by atoms with Gasteiger partial charge in [0.1, 0.15) is 0 Å². The van der Waals surface area contributed by atoms with Crippen LogP contribution in [-0.2, 0) is 30.9 Å². The van der Waals surface area contributed by atoms with Crippen LogP contribution in [0.1, 0.15) is 52.7 Å². The monoisotopic (exact) mass is 856 g/mol. The second-order valence-corrected chi connectivity index (χ2v) is 12.8. The standard InChI is InChI=1S/C18H24N2.2C11H8N.BF4.Ir/c1-17(2,3)13-7-9-19-15(11-13)16-12-14(8-10-20-16)18(4,5)6;2*1-2-6-10(7-3-1)11-8-4-5-9-12-11;2-1(3,4)5;/h7-12H,1-6H3;2*1-6,8-9H;;/q;3*-1;+3. The Balaban J connectivity index is 0.000000250. The first kappa shape index (κ1) is 41.6. The van der Waals surface area contributed by atoms with Crippen molar-refractivity contribution in [2.24, 2.45) is 0 Å². The zero-order valence-electron chi connectivity index (χ0n) is 28.9. The molecule has 4 nitrogen and oxygen atoms in total. The van der Waals surface area contributed by atoms with Gasteiger partial charge in [-0.2, -0.15) is 0 Å². The minimum absolute atomic E-state index is 0. The number of hydrogen-bond acceptors (Lipinski definition) is 4. The number of benzene rings is 2. The van der Waals surface area contributed by atoms with Gasteiger partial charge in [-0.3, -0.25) is 9.97 Å². The SMILES string of the molecule is CC(C)(C)c1ccnc(-c2cc(C(C)(C)C)ccn2)c1.F[B-](F)(F)F.[Ir+3].[c-]1ccccc1-c1ccccn1.[c-]1ccccc1-c1ccccn1. The van der Waals surface area contributed by atoms with Crippen LogP contribution in [0.3, 0.4) is 0 Å². The summed E-state index contributed by atoms with van der Waals surface area (Å²) < 4.78 is 39.0. The first-order valence-electron chi connectivity index (χ1n) is 15.7. The molecule has 0 aliphatic rings. The molecule has 0 spiro atoms. The molecular formula is C40H40BF4IrN4. The minimum atomic E-state index is -6.00. The molecule has 50 heavy (non-hydrogen) atoms. The van der Waals surface area contributed by atoms with Crippen LogP contribution in [0.25, 0.3) is 33.9 Å². The zero-order chi connectivity index (χ0) is 35.9. The number of halogens is 4. The van der Waals surface area contributed by atoms with Crippen molar-refractivity contribution in [1.82, 2.24) is 19.9 Å². The maximum atomic E-state index is 9.75. The number of rotatable bonds is 3. The molecule has 2 aromatic carbocycles. The van der Waals surface area contributed by atoms with Gasteiger partial charge in [0.2, 0.25) is 0 Å². The van der Waals surface area contributed by atoms with Gasteiger partial charge in [0.15, 0.2) is 0 Å². The summed E-state index contributed by atoms with van der Waals surface area (Å²) >= 11 is 0. The van der Waals surface area contributed by atoms with Crippen LogP contribution < -0.4 is 0 Å². The molecule has 0 saturated carbocycles. The van der Waals surface area contributed by atoms with Gasteiger partial charge in [-0.25, -0.2) is 0 Å². The van der Waals surface area contributed by atoms with E-state index in [0.717, 1.165) is 33.9 Å². The van der Waals surface area contributed by atoms with Crippen molar-refractivity contribution in [3.63, 3.8) is 0 Å². The van der Waals surface area contributed by atoms with Gasteiger partial charge in [0.25, 0.3) is 0 Å². The van der Waals surface area contributed by atoms with Gasteiger partial charge in [-0.05, 0) is 69.7 Å². The van der Waals surface area contributed by atoms with Gasteiger partial charge in [0, 0.05) is 24.8 Å². The third kappa shape index (κ3) is 15.4. The van der Waals surface area contributed by atoms with Crippen molar-refractivity contribution in [2.45, 2.75) is 52.4 Å². The maximum Gasteiger partial charge on any atom is 3.00 e. The predicted octanol–water partition coefficient (Wildman–Crippen LogP) is 11.1. The fourth-order valence-corrected chi connectivity index (χ4v) is 4.22.